The van der Waals surface area contributed by atoms with Gasteiger partial charge < -0.3 is 13.6 Å². The van der Waals surface area contributed by atoms with Gasteiger partial charge in [0.1, 0.15) is 5.58 Å². The molecule has 0 fully saturated rings. The van der Waals surface area contributed by atoms with Gasteiger partial charge in [0, 0.05) is 49.4 Å². The molecule has 0 amide bonds. The monoisotopic (exact) mass is 841 g/mol. The highest BCUT2D eigenvalue weighted by molar-refractivity contribution is 6.20. The quantitative estimate of drug-likeness (QED) is 0.164. The first kappa shape index (κ1) is 36.6. The van der Waals surface area contributed by atoms with Crippen LogP contribution in [0.25, 0.3) is 127 Å². The highest BCUT2D eigenvalue weighted by Gasteiger charge is 2.21. The maximum Gasteiger partial charge on any atom is 0.213 e. The Balaban J connectivity index is 0.890. The van der Waals surface area contributed by atoms with E-state index >= 15 is 0 Å². The van der Waals surface area contributed by atoms with Crippen LogP contribution in [0.1, 0.15) is 0 Å². The summed E-state index contributed by atoms with van der Waals surface area (Å²) in [6.45, 7) is 0. The van der Waals surface area contributed by atoms with Gasteiger partial charge in [-0.05, 0) is 130 Å². The number of para-hydroxylation sites is 4. The summed E-state index contributed by atoms with van der Waals surface area (Å²) < 4.78 is 13.8. The third-order valence-electron chi connectivity index (χ3n) is 13.7. The van der Waals surface area contributed by atoms with E-state index in [4.69, 9.17) is 4.42 Å². The molecule has 0 aliphatic heterocycles. The summed E-state index contributed by atoms with van der Waals surface area (Å²) in [4.78, 5) is 0. The summed E-state index contributed by atoms with van der Waals surface area (Å²) in [5, 5.41) is 8.40. The van der Waals surface area contributed by atoms with Crippen LogP contribution in [0.15, 0.2) is 241 Å². The molecule has 14 rings (SSSR count). The van der Waals surface area contributed by atoms with Crippen molar-refractivity contribution in [3.63, 3.8) is 0 Å². The first-order valence-electron chi connectivity index (χ1n) is 22.6. The van der Waals surface area contributed by atoms with Crippen LogP contribution in [0, 0.1) is 0 Å². The minimum absolute atomic E-state index is 0.867. The Morgan fingerprint density at radius 2 is 0.636 bits per heavy atom. The standard InChI is InChI=1S/C62H39N3O/c1-4-14-40(15-5-1)42-27-33-58-53(36-42)54-38-44(43-28-34-57-52(37-43)49-20-10-12-22-55(49)63(57)46-16-6-2-7-17-46)29-35-59(54)64(58)48-30-24-41(25-31-48)45-26-32-51-60(39-45)66-62-61(51)50-21-11-13-23-56(50)65(62)47-18-8-3-9-19-47/h1-39H. The molecule has 0 saturated heterocycles. The van der Waals surface area contributed by atoms with Crippen LogP contribution in [-0.2, 0) is 0 Å². The zero-order valence-electron chi connectivity index (χ0n) is 35.8. The second kappa shape index (κ2) is 14.3. The van der Waals surface area contributed by atoms with Crippen molar-refractivity contribution in [3.05, 3.63) is 237 Å². The van der Waals surface area contributed by atoms with E-state index in [1.807, 2.05) is 0 Å². The lowest BCUT2D eigenvalue weighted by Crippen LogP contribution is -1.94. The van der Waals surface area contributed by atoms with Crippen LogP contribution in [-0.4, -0.2) is 13.7 Å². The van der Waals surface area contributed by atoms with Gasteiger partial charge in [-0.3, -0.25) is 4.57 Å². The van der Waals surface area contributed by atoms with Crippen LogP contribution < -0.4 is 0 Å². The maximum absolute atomic E-state index is 6.76. The summed E-state index contributed by atoms with van der Waals surface area (Å²) in [7, 11) is 0. The van der Waals surface area contributed by atoms with E-state index < -0.39 is 0 Å². The van der Waals surface area contributed by atoms with Gasteiger partial charge in [0.25, 0.3) is 0 Å². The largest absolute Gasteiger partial charge is 0.439 e. The minimum Gasteiger partial charge on any atom is -0.439 e. The second-order valence-electron chi connectivity index (χ2n) is 17.3. The summed E-state index contributed by atoms with van der Waals surface area (Å²) >= 11 is 0. The van der Waals surface area contributed by atoms with Crippen LogP contribution >= 0.6 is 0 Å². The Morgan fingerprint density at radius 1 is 0.242 bits per heavy atom. The predicted octanol–water partition coefficient (Wildman–Crippen LogP) is 16.7. The number of rotatable bonds is 6. The third kappa shape index (κ3) is 5.52. The molecule has 0 aliphatic carbocycles. The van der Waals surface area contributed by atoms with E-state index in [0.29, 0.717) is 0 Å². The molecule has 14 aromatic rings. The van der Waals surface area contributed by atoms with Crippen molar-refractivity contribution in [2.24, 2.45) is 0 Å². The fourth-order valence-electron chi connectivity index (χ4n) is 10.6. The summed E-state index contributed by atoms with van der Waals surface area (Å²) in [5.74, 6) is 0. The van der Waals surface area contributed by atoms with Crippen molar-refractivity contribution in [3.8, 4) is 50.4 Å². The molecule has 10 aromatic carbocycles. The van der Waals surface area contributed by atoms with Gasteiger partial charge in [0.15, 0.2) is 0 Å². The van der Waals surface area contributed by atoms with Gasteiger partial charge in [0.2, 0.25) is 5.71 Å². The van der Waals surface area contributed by atoms with Crippen molar-refractivity contribution < 1.29 is 4.42 Å². The molecule has 4 heteroatoms. The molecule has 4 nitrogen and oxygen atoms in total. The minimum atomic E-state index is 0.867. The van der Waals surface area contributed by atoms with E-state index in [1.54, 1.807) is 0 Å². The molecular weight excluding hydrogens is 803 g/mol. The van der Waals surface area contributed by atoms with Crippen molar-refractivity contribution in [1.29, 1.82) is 0 Å². The summed E-state index contributed by atoms with van der Waals surface area (Å²) in [6, 6.07) is 85.6. The number of nitrogens with zero attached hydrogens (tertiary/aromatic N) is 3. The molecule has 0 unspecified atom stereocenters. The molecule has 0 atom stereocenters. The molecule has 0 bridgehead atoms. The van der Waals surface area contributed by atoms with Crippen LogP contribution in [0.2, 0.25) is 0 Å². The lowest BCUT2D eigenvalue weighted by atomic mass is 9.99. The molecule has 0 radical (unpaired) electrons. The molecule has 4 heterocycles. The molecule has 0 N–H and O–H groups in total. The Morgan fingerprint density at radius 3 is 1.24 bits per heavy atom. The highest BCUT2D eigenvalue weighted by atomic mass is 16.3. The first-order chi connectivity index (χ1) is 32.7. The molecule has 308 valence electrons. The molecule has 4 aromatic heterocycles. The summed E-state index contributed by atoms with van der Waals surface area (Å²) in [6.07, 6.45) is 0. The van der Waals surface area contributed by atoms with Crippen molar-refractivity contribution >= 4 is 76.6 Å². The van der Waals surface area contributed by atoms with Crippen molar-refractivity contribution in [1.82, 2.24) is 13.7 Å². The Hall–Kier alpha value is -8.86. The van der Waals surface area contributed by atoms with Gasteiger partial charge >= 0.3 is 0 Å². The number of aromatic nitrogens is 3. The first-order valence-corrected chi connectivity index (χ1v) is 22.6. The van der Waals surface area contributed by atoms with Gasteiger partial charge in [0.05, 0.1) is 33.0 Å². The number of hydrogen-bond acceptors (Lipinski definition) is 1. The number of fused-ring (bicyclic) bond motifs is 11. The molecule has 0 spiro atoms. The van der Waals surface area contributed by atoms with Gasteiger partial charge in [-0.15, -0.1) is 0 Å². The molecule has 0 aliphatic rings. The lowest BCUT2D eigenvalue weighted by Gasteiger charge is -2.11. The van der Waals surface area contributed by atoms with E-state index in [-0.39, 0.29) is 0 Å². The van der Waals surface area contributed by atoms with E-state index in [0.717, 1.165) is 55.8 Å². The van der Waals surface area contributed by atoms with Crippen molar-refractivity contribution in [2.75, 3.05) is 0 Å². The third-order valence-corrected chi connectivity index (χ3v) is 13.7. The van der Waals surface area contributed by atoms with Crippen LogP contribution in [0.3, 0.4) is 0 Å². The van der Waals surface area contributed by atoms with E-state index in [1.165, 1.54) is 71.3 Å². The van der Waals surface area contributed by atoms with E-state index in [9.17, 15) is 0 Å². The average Bonchev–Trinajstić information content (AvgIpc) is 4.12. The van der Waals surface area contributed by atoms with Crippen molar-refractivity contribution in [2.45, 2.75) is 0 Å². The topological polar surface area (TPSA) is 27.9 Å². The lowest BCUT2D eigenvalue weighted by molar-refractivity contribution is 0.645. The molecule has 66 heavy (non-hydrogen) atoms. The fraction of sp³-hybridized carbons (Fsp3) is 0. The maximum atomic E-state index is 6.76. The van der Waals surface area contributed by atoms with Gasteiger partial charge in [-0.2, -0.15) is 0 Å². The fourth-order valence-corrected chi connectivity index (χ4v) is 10.6. The molecule has 0 saturated carbocycles. The molecular formula is C62H39N3O. The van der Waals surface area contributed by atoms with E-state index in [2.05, 4.69) is 250 Å². The SMILES string of the molecule is c1ccc(-c2ccc3c(c2)c2cc(-c4ccc5c(c4)c4ccccc4n5-c4ccccc4)ccc2n3-c2ccc(-c3ccc4c(c3)oc3c4c4ccccc4n3-c3ccccc3)cc2)cc1. The zero-order valence-corrected chi connectivity index (χ0v) is 35.8. The number of benzene rings is 10. The normalized spacial score (nSPS) is 11.9. The smallest absolute Gasteiger partial charge is 0.213 e. The highest BCUT2D eigenvalue weighted by Crippen LogP contribution is 2.42. The Bertz CT molecular complexity index is 4190. The van der Waals surface area contributed by atoms with Crippen LogP contribution in [0.5, 0.6) is 0 Å². The average molecular weight is 842 g/mol. The summed E-state index contributed by atoms with van der Waals surface area (Å²) in [5.41, 5.74) is 18.0. The Kier molecular flexibility index (Phi) is 7.95. The van der Waals surface area contributed by atoms with Gasteiger partial charge in [-0.25, -0.2) is 0 Å². The predicted molar refractivity (Wildman–Crippen MR) is 276 cm³/mol. The van der Waals surface area contributed by atoms with Gasteiger partial charge in [-0.1, -0.05) is 140 Å². The Labute approximate surface area is 380 Å². The second-order valence-corrected chi connectivity index (χ2v) is 17.3. The number of furan rings is 1. The number of hydrogen-bond donors (Lipinski definition) is 0. The van der Waals surface area contributed by atoms with Crippen LogP contribution in [0.4, 0.5) is 0 Å². The zero-order chi connectivity index (χ0) is 43.3.